The summed E-state index contributed by atoms with van der Waals surface area (Å²) in [5.41, 5.74) is 2.94. The first kappa shape index (κ1) is 18.7. The maximum Gasteiger partial charge on any atom is 0.130 e. The molecule has 0 saturated carbocycles. The highest BCUT2D eigenvalue weighted by molar-refractivity contribution is 6.83. The van der Waals surface area contributed by atoms with Crippen LogP contribution >= 0.6 is 0 Å². The molecule has 0 aromatic heterocycles. The van der Waals surface area contributed by atoms with Gasteiger partial charge in [-0.05, 0) is 28.8 Å². The topological polar surface area (TPSA) is 38.7 Å². The SMILES string of the molecule is COC1=C([Si](C)(C)C)CC(c2ccccc2)C(O)c2cccc(OC)c21. The first-order valence-corrected chi connectivity index (χ1v) is 12.6. The predicted octanol–water partition coefficient (Wildman–Crippen LogP) is 5.15. The Morgan fingerprint density at radius 2 is 1.62 bits per heavy atom. The fourth-order valence-electron chi connectivity index (χ4n) is 3.87. The lowest BCUT2D eigenvalue weighted by molar-refractivity contribution is 0.145. The van der Waals surface area contributed by atoms with Crippen LogP contribution in [0.25, 0.3) is 5.76 Å². The van der Waals surface area contributed by atoms with Crippen molar-refractivity contribution in [2.24, 2.45) is 0 Å². The lowest BCUT2D eigenvalue weighted by Gasteiger charge is -2.27. The number of aliphatic hydroxyl groups is 1. The third kappa shape index (κ3) is 3.31. The van der Waals surface area contributed by atoms with Gasteiger partial charge in [0.25, 0.3) is 0 Å². The van der Waals surface area contributed by atoms with Crippen LogP contribution < -0.4 is 4.74 Å². The number of allylic oxidation sites excluding steroid dienone is 1. The van der Waals surface area contributed by atoms with Crippen molar-refractivity contribution in [2.75, 3.05) is 14.2 Å². The Balaban J connectivity index is 2.30. The summed E-state index contributed by atoms with van der Waals surface area (Å²) in [4.78, 5) is 0. The molecule has 3 nitrogen and oxygen atoms in total. The summed E-state index contributed by atoms with van der Waals surface area (Å²) >= 11 is 0. The Hall–Kier alpha value is -2.04. The molecule has 2 atom stereocenters. The van der Waals surface area contributed by atoms with E-state index in [1.165, 1.54) is 5.20 Å². The van der Waals surface area contributed by atoms with Gasteiger partial charge < -0.3 is 14.6 Å². The molecule has 0 saturated heterocycles. The van der Waals surface area contributed by atoms with E-state index >= 15 is 0 Å². The van der Waals surface area contributed by atoms with Crippen LogP contribution in [-0.2, 0) is 4.74 Å². The maximum atomic E-state index is 11.3. The molecule has 138 valence electrons. The molecule has 0 heterocycles. The van der Waals surface area contributed by atoms with Gasteiger partial charge in [0.05, 0.1) is 34.0 Å². The smallest absolute Gasteiger partial charge is 0.130 e. The molecule has 0 radical (unpaired) electrons. The van der Waals surface area contributed by atoms with Crippen LogP contribution in [0.3, 0.4) is 0 Å². The van der Waals surface area contributed by atoms with Gasteiger partial charge >= 0.3 is 0 Å². The van der Waals surface area contributed by atoms with Crippen molar-refractivity contribution in [2.45, 2.75) is 38.1 Å². The van der Waals surface area contributed by atoms with Gasteiger partial charge in [-0.3, -0.25) is 0 Å². The van der Waals surface area contributed by atoms with Gasteiger partial charge in [-0.2, -0.15) is 0 Å². The van der Waals surface area contributed by atoms with E-state index < -0.39 is 14.2 Å². The Morgan fingerprint density at radius 1 is 0.923 bits per heavy atom. The van der Waals surface area contributed by atoms with Crippen LogP contribution in [0.2, 0.25) is 19.6 Å². The molecule has 2 aromatic rings. The van der Waals surface area contributed by atoms with Crippen LogP contribution in [0.1, 0.15) is 35.1 Å². The van der Waals surface area contributed by atoms with Crippen molar-refractivity contribution < 1.29 is 14.6 Å². The Labute approximate surface area is 157 Å². The van der Waals surface area contributed by atoms with Gasteiger partial charge in [-0.1, -0.05) is 62.1 Å². The molecular weight excluding hydrogens is 340 g/mol. The predicted molar refractivity (Wildman–Crippen MR) is 109 cm³/mol. The molecule has 0 fully saturated rings. The molecule has 0 amide bonds. The first-order valence-electron chi connectivity index (χ1n) is 9.06. The van der Waals surface area contributed by atoms with Crippen LogP contribution in [0.15, 0.2) is 53.7 Å². The molecule has 2 unspecified atom stereocenters. The number of benzene rings is 2. The zero-order valence-electron chi connectivity index (χ0n) is 16.2. The third-order valence-electron chi connectivity index (χ3n) is 5.24. The standard InChI is InChI=1S/C22H28O3Si/c1-24-18-13-9-12-16-20(18)22(25-2)19(26(3,4)5)14-17(21(16)23)15-10-7-6-8-11-15/h6-13,17,21,23H,14H2,1-5H3. The molecule has 3 rings (SSSR count). The largest absolute Gasteiger partial charge is 0.496 e. The second-order valence-electron chi connectivity index (χ2n) is 7.85. The fourth-order valence-corrected chi connectivity index (χ4v) is 5.61. The van der Waals surface area contributed by atoms with E-state index in [-0.39, 0.29) is 5.92 Å². The molecule has 1 N–H and O–H groups in total. The monoisotopic (exact) mass is 368 g/mol. The van der Waals surface area contributed by atoms with E-state index in [1.54, 1.807) is 14.2 Å². The minimum absolute atomic E-state index is 0.00330. The van der Waals surface area contributed by atoms with Crippen molar-refractivity contribution in [3.8, 4) is 5.75 Å². The fraction of sp³-hybridized carbons (Fsp3) is 0.364. The number of methoxy groups -OCH3 is 2. The average Bonchev–Trinajstić information content (AvgIpc) is 2.76. The zero-order chi connectivity index (χ0) is 18.9. The molecule has 4 heteroatoms. The summed E-state index contributed by atoms with van der Waals surface area (Å²) in [6.45, 7) is 6.99. The summed E-state index contributed by atoms with van der Waals surface area (Å²) < 4.78 is 11.6. The van der Waals surface area contributed by atoms with Gasteiger partial charge in [0.15, 0.2) is 0 Å². The van der Waals surface area contributed by atoms with Crippen LogP contribution in [0.5, 0.6) is 5.75 Å². The number of hydrogen-bond donors (Lipinski definition) is 1. The van der Waals surface area contributed by atoms with Gasteiger partial charge in [0.1, 0.15) is 11.5 Å². The molecule has 1 aliphatic rings. The lowest BCUT2D eigenvalue weighted by atomic mass is 9.87. The second kappa shape index (κ2) is 7.29. The van der Waals surface area contributed by atoms with E-state index in [1.807, 2.05) is 36.4 Å². The lowest BCUT2D eigenvalue weighted by Crippen LogP contribution is -2.27. The van der Waals surface area contributed by atoms with Gasteiger partial charge in [-0.15, -0.1) is 0 Å². The summed E-state index contributed by atoms with van der Waals surface area (Å²) in [6, 6.07) is 16.2. The number of fused-ring (bicyclic) bond motifs is 1. The number of hydrogen-bond acceptors (Lipinski definition) is 3. The summed E-state index contributed by atoms with van der Waals surface area (Å²) in [6.07, 6.45) is 0.184. The van der Waals surface area contributed by atoms with E-state index in [9.17, 15) is 5.11 Å². The van der Waals surface area contributed by atoms with Crippen molar-refractivity contribution in [3.05, 3.63) is 70.4 Å². The van der Waals surface area contributed by atoms with E-state index in [2.05, 4.69) is 31.8 Å². The minimum atomic E-state index is -1.69. The van der Waals surface area contributed by atoms with Crippen molar-refractivity contribution >= 4 is 13.8 Å². The van der Waals surface area contributed by atoms with E-state index in [4.69, 9.17) is 9.47 Å². The van der Waals surface area contributed by atoms with Crippen LogP contribution in [-0.4, -0.2) is 27.4 Å². The highest BCUT2D eigenvalue weighted by Crippen LogP contribution is 2.48. The summed E-state index contributed by atoms with van der Waals surface area (Å²) in [5, 5.41) is 12.7. The second-order valence-corrected chi connectivity index (χ2v) is 13.0. The molecule has 0 aliphatic heterocycles. The summed E-state index contributed by atoms with van der Waals surface area (Å²) in [7, 11) is 1.70. The van der Waals surface area contributed by atoms with Crippen LogP contribution in [0, 0.1) is 0 Å². The Morgan fingerprint density at radius 3 is 2.19 bits per heavy atom. The molecular formula is C22H28O3Si. The van der Waals surface area contributed by atoms with Crippen molar-refractivity contribution in [3.63, 3.8) is 0 Å². The average molecular weight is 369 g/mol. The van der Waals surface area contributed by atoms with E-state index in [0.717, 1.165) is 34.6 Å². The Bertz CT molecular complexity index is 806. The first-order chi connectivity index (χ1) is 12.4. The van der Waals surface area contributed by atoms with Gasteiger partial charge in [0.2, 0.25) is 0 Å². The van der Waals surface area contributed by atoms with Gasteiger partial charge in [0, 0.05) is 5.92 Å². The quantitative estimate of drug-likeness (QED) is 0.759. The molecule has 0 bridgehead atoms. The van der Waals surface area contributed by atoms with Crippen molar-refractivity contribution in [1.82, 2.24) is 0 Å². The maximum absolute atomic E-state index is 11.3. The highest BCUT2D eigenvalue weighted by atomic mass is 28.3. The number of aliphatic hydroxyl groups excluding tert-OH is 1. The van der Waals surface area contributed by atoms with E-state index in [0.29, 0.717) is 0 Å². The molecule has 1 aliphatic carbocycles. The zero-order valence-corrected chi connectivity index (χ0v) is 17.2. The normalized spacial score (nSPS) is 20.4. The van der Waals surface area contributed by atoms with Gasteiger partial charge in [-0.25, -0.2) is 0 Å². The van der Waals surface area contributed by atoms with Crippen LogP contribution in [0.4, 0.5) is 0 Å². The minimum Gasteiger partial charge on any atom is -0.496 e. The van der Waals surface area contributed by atoms with Crippen molar-refractivity contribution in [1.29, 1.82) is 0 Å². The Kier molecular flexibility index (Phi) is 5.26. The molecule has 2 aromatic carbocycles. The number of rotatable bonds is 4. The third-order valence-corrected chi connectivity index (χ3v) is 7.48. The molecule has 26 heavy (non-hydrogen) atoms. The molecule has 0 spiro atoms. The number of ether oxygens (including phenoxy) is 2. The highest BCUT2D eigenvalue weighted by Gasteiger charge is 2.37. The summed E-state index contributed by atoms with van der Waals surface area (Å²) in [5.74, 6) is 1.63.